The van der Waals surface area contributed by atoms with Crippen molar-refractivity contribution >= 4 is 5.91 Å². The Bertz CT molecular complexity index is 508. The van der Waals surface area contributed by atoms with Gasteiger partial charge in [-0.3, -0.25) is 4.79 Å². The third-order valence-electron chi connectivity index (χ3n) is 5.78. The van der Waals surface area contributed by atoms with Gasteiger partial charge in [0, 0.05) is 6.42 Å². The molecular formula is C22H43NO9. The number of aliphatic hydroxyl groups excluding tert-OH is 6. The van der Waals surface area contributed by atoms with Crippen LogP contribution >= 0.6 is 0 Å². The van der Waals surface area contributed by atoms with E-state index in [4.69, 9.17) is 9.47 Å². The van der Waals surface area contributed by atoms with Gasteiger partial charge in [0.2, 0.25) is 5.91 Å². The molecule has 10 heteroatoms. The van der Waals surface area contributed by atoms with Crippen molar-refractivity contribution < 1.29 is 44.9 Å². The topological polar surface area (TPSA) is 169 Å². The number of carbonyl (C=O) groups is 1. The van der Waals surface area contributed by atoms with Gasteiger partial charge in [-0.2, -0.15) is 0 Å². The van der Waals surface area contributed by atoms with Crippen molar-refractivity contribution in [1.29, 1.82) is 0 Å². The molecule has 1 heterocycles. The quantitative estimate of drug-likeness (QED) is 0.149. The highest BCUT2D eigenvalue weighted by molar-refractivity contribution is 5.76. The highest BCUT2D eigenvalue weighted by atomic mass is 16.7. The van der Waals surface area contributed by atoms with Crippen LogP contribution in [0.1, 0.15) is 71.6 Å². The zero-order valence-electron chi connectivity index (χ0n) is 19.3. The summed E-state index contributed by atoms with van der Waals surface area (Å²) in [4.78, 5) is 12.4. The van der Waals surface area contributed by atoms with Crippen LogP contribution in [-0.4, -0.2) is 98.7 Å². The Labute approximate surface area is 190 Å². The van der Waals surface area contributed by atoms with E-state index in [0.29, 0.717) is 19.3 Å². The van der Waals surface area contributed by atoms with Gasteiger partial charge in [-0.1, -0.05) is 52.4 Å². The number of aliphatic hydroxyl groups is 6. The maximum Gasteiger partial charge on any atom is 0.220 e. The van der Waals surface area contributed by atoms with Crippen LogP contribution in [0.3, 0.4) is 0 Å². The Morgan fingerprint density at radius 2 is 1.62 bits per heavy atom. The molecular weight excluding hydrogens is 422 g/mol. The molecule has 1 amide bonds. The number of hydrogen-bond donors (Lipinski definition) is 7. The van der Waals surface area contributed by atoms with Crippen LogP contribution < -0.4 is 5.32 Å². The fourth-order valence-corrected chi connectivity index (χ4v) is 3.71. The van der Waals surface area contributed by atoms with Crippen molar-refractivity contribution in [2.24, 2.45) is 0 Å². The van der Waals surface area contributed by atoms with Gasteiger partial charge in [-0.05, 0) is 12.8 Å². The van der Waals surface area contributed by atoms with Crippen LogP contribution in [0, 0.1) is 0 Å². The van der Waals surface area contributed by atoms with Crippen LogP contribution in [0.15, 0.2) is 0 Å². The first-order valence-corrected chi connectivity index (χ1v) is 11.8. The minimum Gasteiger partial charge on any atom is -0.394 e. The molecule has 0 saturated carbocycles. The van der Waals surface area contributed by atoms with Crippen LogP contribution in [-0.2, 0) is 14.3 Å². The standard InChI is InChI=1S/C22H43NO9/c1-3-5-6-7-8-9-11-17(26)23-14(18(27)15(25)10-4-2)13-31-22-21(30)20(29)19(28)16(12-24)32-22/h14-16,18-22,24-25,27-30H,3-13H2,1-2H3,(H,23,26)/t14-,15+,16?,18-,19-,20?,21?,22-/m0/s1. The summed E-state index contributed by atoms with van der Waals surface area (Å²) in [5.74, 6) is -0.286. The molecule has 0 aromatic heterocycles. The molecule has 1 aliphatic rings. The zero-order valence-corrected chi connectivity index (χ0v) is 19.3. The fraction of sp³-hybridized carbons (Fsp3) is 0.955. The number of rotatable bonds is 16. The Kier molecular flexibility index (Phi) is 14.5. The summed E-state index contributed by atoms with van der Waals surface area (Å²) in [7, 11) is 0. The van der Waals surface area contributed by atoms with Gasteiger partial charge in [0.25, 0.3) is 0 Å². The maximum absolute atomic E-state index is 12.4. The van der Waals surface area contributed by atoms with Crippen molar-refractivity contribution in [3.05, 3.63) is 0 Å². The number of nitrogens with one attached hydrogen (secondary N) is 1. The van der Waals surface area contributed by atoms with Crippen molar-refractivity contribution in [1.82, 2.24) is 5.32 Å². The van der Waals surface area contributed by atoms with E-state index in [0.717, 1.165) is 25.7 Å². The lowest BCUT2D eigenvalue weighted by atomic mass is 9.99. The third-order valence-corrected chi connectivity index (χ3v) is 5.78. The zero-order chi connectivity index (χ0) is 24.1. The van der Waals surface area contributed by atoms with E-state index in [9.17, 15) is 35.4 Å². The number of carbonyl (C=O) groups excluding carboxylic acids is 1. The molecule has 8 atom stereocenters. The van der Waals surface area contributed by atoms with Crippen LogP contribution in [0.4, 0.5) is 0 Å². The van der Waals surface area contributed by atoms with E-state index in [1.807, 2.05) is 6.92 Å². The summed E-state index contributed by atoms with van der Waals surface area (Å²) >= 11 is 0. The van der Waals surface area contributed by atoms with Crippen LogP contribution in [0.25, 0.3) is 0 Å². The lowest BCUT2D eigenvalue weighted by molar-refractivity contribution is -0.303. The first kappa shape index (κ1) is 29.2. The summed E-state index contributed by atoms with van der Waals surface area (Å²) in [6.45, 7) is 3.08. The molecule has 0 aromatic carbocycles. The molecule has 1 aliphatic heterocycles. The first-order valence-electron chi connectivity index (χ1n) is 11.8. The summed E-state index contributed by atoms with van der Waals surface area (Å²) in [6.07, 6.45) is -2.23. The summed E-state index contributed by atoms with van der Waals surface area (Å²) in [5, 5.41) is 62.6. The van der Waals surface area contributed by atoms with Gasteiger partial charge < -0.3 is 45.4 Å². The average molecular weight is 466 g/mol. The molecule has 32 heavy (non-hydrogen) atoms. The van der Waals surface area contributed by atoms with Gasteiger partial charge in [0.15, 0.2) is 6.29 Å². The Balaban J connectivity index is 2.66. The minimum atomic E-state index is -1.60. The highest BCUT2D eigenvalue weighted by Crippen LogP contribution is 2.22. The molecule has 190 valence electrons. The second-order valence-electron chi connectivity index (χ2n) is 8.57. The third kappa shape index (κ3) is 9.56. The van der Waals surface area contributed by atoms with Crippen LogP contribution in [0.2, 0.25) is 0 Å². The summed E-state index contributed by atoms with van der Waals surface area (Å²) in [6, 6.07) is -0.975. The molecule has 10 nitrogen and oxygen atoms in total. The molecule has 1 fully saturated rings. The minimum absolute atomic E-state index is 0.277. The first-order chi connectivity index (χ1) is 15.3. The lowest BCUT2D eigenvalue weighted by Gasteiger charge is -2.40. The Morgan fingerprint density at radius 3 is 2.25 bits per heavy atom. The van der Waals surface area contributed by atoms with Crippen molar-refractivity contribution in [2.75, 3.05) is 13.2 Å². The average Bonchev–Trinajstić information content (AvgIpc) is 2.78. The smallest absolute Gasteiger partial charge is 0.220 e. The van der Waals surface area contributed by atoms with E-state index in [1.54, 1.807) is 0 Å². The number of ether oxygens (including phenoxy) is 2. The molecule has 0 radical (unpaired) electrons. The van der Waals surface area contributed by atoms with Gasteiger partial charge in [-0.15, -0.1) is 0 Å². The highest BCUT2D eigenvalue weighted by Gasteiger charge is 2.44. The van der Waals surface area contributed by atoms with Gasteiger partial charge >= 0.3 is 0 Å². The molecule has 0 spiro atoms. The van der Waals surface area contributed by atoms with E-state index >= 15 is 0 Å². The second-order valence-corrected chi connectivity index (χ2v) is 8.57. The van der Waals surface area contributed by atoms with Crippen LogP contribution in [0.5, 0.6) is 0 Å². The van der Waals surface area contributed by atoms with Gasteiger partial charge in [-0.25, -0.2) is 0 Å². The SMILES string of the molecule is CCCCCCCCC(=O)N[C@@H](CO[C@H]1OC(CO)[C@H](O)C(O)C1O)[C@H](O)[C@H](O)CCC. The normalized spacial score (nSPS) is 28.8. The lowest BCUT2D eigenvalue weighted by Crippen LogP contribution is -2.60. The Morgan fingerprint density at radius 1 is 0.969 bits per heavy atom. The molecule has 7 N–H and O–H groups in total. The molecule has 0 aliphatic carbocycles. The van der Waals surface area contributed by atoms with E-state index in [-0.39, 0.29) is 18.9 Å². The fourth-order valence-electron chi connectivity index (χ4n) is 3.71. The molecule has 1 saturated heterocycles. The van der Waals surface area contributed by atoms with Crippen molar-refractivity contribution in [2.45, 2.75) is 121 Å². The summed E-state index contributed by atoms with van der Waals surface area (Å²) < 4.78 is 10.8. The maximum atomic E-state index is 12.4. The monoisotopic (exact) mass is 465 g/mol. The second kappa shape index (κ2) is 15.9. The molecule has 1 rings (SSSR count). The molecule has 0 aromatic rings. The predicted molar refractivity (Wildman–Crippen MR) is 117 cm³/mol. The Hall–Kier alpha value is -0.850. The summed E-state index contributed by atoms with van der Waals surface area (Å²) in [5.41, 5.74) is 0. The number of amides is 1. The molecule has 3 unspecified atom stereocenters. The molecule has 0 bridgehead atoms. The predicted octanol–water partition coefficient (Wildman–Crippen LogP) is -0.440. The van der Waals surface area contributed by atoms with E-state index < -0.39 is 55.6 Å². The van der Waals surface area contributed by atoms with Gasteiger partial charge in [0.05, 0.1) is 25.4 Å². The van der Waals surface area contributed by atoms with Crippen molar-refractivity contribution in [3.63, 3.8) is 0 Å². The van der Waals surface area contributed by atoms with E-state index in [1.165, 1.54) is 6.42 Å². The van der Waals surface area contributed by atoms with E-state index in [2.05, 4.69) is 12.2 Å². The number of unbranched alkanes of at least 4 members (excludes halogenated alkanes) is 5. The number of hydrogen-bond acceptors (Lipinski definition) is 9. The van der Waals surface area contributed by atoms with Gasteiger partial charge in [0.1, 0.15) is 30.5 Å². The van der Waals surface area contributed by atoms with Crippen molar-refractivity contribution in [3.8, 4) is 0 Å². The largest absolute Gasteiger partial charge is 0.394 e.